The highest BCUT2D eigenvalue weighted by Crippen LogP contribution is 2.23. The summed E-state index contributed by atoms with van der Waals surface area (Å²) in [6, 6.07) is 4.06. The first-order valence-electron chi connectivity index (χ1n) is 6.50. The lowest BCUT2D eigenvalue weighted by atomic mass is 9.85. The van der Waals surface area contributed by atoms with Crippen LogP contribution in [0.4, 0.5) is 4.39 Å². The zero-order valence-electron chi connectivity index (χ0n) is 12.3. The van der Waals surface area contributed by atoms with E-state index in [-0.39, 0.29) is 17.0 Å². The van der Waals surface area contributed by atoms with E-state index in [2.05, 4.69) is 5.32 Å². The van der Waals surface area contributed by atoms with Crippen molar-refractivity contribution in [3.63, 3.8) is 0 Å². The van der Waals surface area contributed by atoms with Gasteiger partial charge in [-0.25, -0.2) is 4.39 Å². The summed E-state index contributed by atoms with van der Waals surface area (Å²) in [6.07, 6.45) is 0.634. The lowest BCUT2D eigenvalue weighted by Crippen LogP contribution is -2.44. The molecule has 0 heterocycles. The molecule has 3 nitrogen and oxygen atoms in total. The molecule has 0 aromatic heterocycles. The molecular formula is C15H21ClFNO2. The number of carbonyl (C=O) groups is 1. The van der Waals surface area contributed by atoms with Gasteiger partial charge in [-0.2, -0.15) is 0 Å². The first-order valence-corrected chi connectivity index (χ1v) is 7.03. The maximum absolute atomic E-state index is 13.9. The van der Waals surface area contributed by atoms with Gasteiger partial charge >= 0.3 is 0 Å². The van der Waals surface area contributed by atoms with E-state index in [4.69, 9.17) is 16.3 Å². The largest absolute Gasteiger partial charge is 0.497 e. The molecule has 0 aliphatic carbocycles. The van der Waals surface area contributed by atoms with E-state index in [1.165, 1.54) is 19.2 Å². The number of hydrogen-bond acceptors (Lipinski definition) is 2. The highest BCUT2D eigenvalue weighted by molar-refractivity contribution is 6.17. The van der Waals surface area contributed by atoms with Crippen LogP contribution in [0, 0.1) is 11.2 Å². The Bertz CT molecular complexity index is 471. The van der Waals surface area contributed by atoms with Gasteiger partial charge in [0.15, 0.2) is 0 Å². The van der Waals surface area contributed by atoms with E-state index in [9.17, 15) is 9.18 Å². The van der Waals surface area contributed by atoms with Crippen LogP contribution in [0.1, 0.15) is 37.6 Å². The van der Waals surface area contributed by atoms with Crippen molar-refractivity contribution >= 4 is 17.5 Å². The molecule has 0 aliphatic rings. The molecule has 0 aliphatic heterocycles. The molecule has 0 bridgehead atoms. The van der Waals surface area contributed by atoms with E-state index in [0.717, 1.165) is 0 Å². The average molecular weight is 302 g/mol. The van der Waals surface area contributed by atoms with E-state index >= 15 is 0 Å². The molecule has 0 spiro atoms. The number of alkyl halides is 1. The molecule has 0 saturated carbocycles. The summed E-state index contributed by atoms with van der Waals surface area (Å²) in [6.45, 7) is 6.03. The fourth-order valence-corrected chi connectivity index (χ4v) is 2.09. The summed E-state index contributed by atoms with van der Waals surface area (Å²) in [5, 5.41) is 2.85. The Morgan fingerprint density at radius 2 is 2.10 bits per heavy atom. The third-order valence-electron chi connectivity index (χ3n) is 3.17. The molecule has 112 valence electrons. The van der Waals surface area contributed by atoms with Gasteiger partial charge in [-0.3, -0.25) is 4.79 Å². The van der Waals surface area contributed by atoms with Crippen LogP contribution in [0.25, 0.3) is 0 Å². The summed E-state index contributed by atoms with van der Waals surface area (Å²) in [4.78, 5) is 12.2. The third kappa shape index (κ3) is 4.37. The van der Waals surface area contributed by atoms with Crippen LogP contribution in [-0.2, 0) is 0 Å². The zero-order chi connectivity index (χ0) is 15.3. The summed E-state index contributed by atoms with van der Waals surface area (Å²) in [5.41, 5.74) is -0.136. The summed E-state index contributed by atoms with van der Waals surface area (Å²) in [5.74, 6) is -0.212. The van der Waals surface area contributed by atoms with Crippen LogP contribution in [0.5, 0.6) is 5.75 Å². The molecular weight excluding hydrogens is 281 g/mol. The predicted octanol–water partition coefficient (Wildman–Crippen LogP) is 3.61. The molecule has 1 aromatic rings. The van der Waals surface area contributed by atoms with Gasteiger partial charge in [-0.15, -0.1) is 11.6 Å². The minimum absolute atomic E-state index is 0.00891. The quantitative estimate of drug-likeness (QED) is 0.844. The van der Waals surface area contributed by atoms with Gasteiger partial charge < -0.3 is 10.1 Å². The van der Waals surface area contributed by atoms with Gasteiger partial charge in [-0.1, -0.05) is 20.8 Å². The summed E-state index contributed by atoms with van der Waals surface area (Å²) >= 11 is 5.76. The standard InChI is InChI=1S/C15H21ClFNO2/c1-15(2,3)13(7-8-16)18-14(19)11-6-5-10(20-4)9-12(11)17/h5-6,9,13H,7-8H2,1-4H3,(H,18,19). The lowest BCUT2D eigenvalue weighted by Gasteiger charge is -2.31. The Morgan fingerprint density at radius 1 is 1.45 bits per heavy atom. The van der Waals surface area contributed by atoms with Gasteiger partial charge in [0.1, 0.15) is 11.6 Å². The van der Waals surface area contributed by atoms with E-state index in [1.54, 1.807) is 6.07 Å². The number of carbonyl (C=O) groups excluding carboxylic acids is 1. The second-order valence-electron chi connectivity index (χ2n) is 5.72. The van der Waals surface area contributed by atoms with Crippen molar-refractivity contribution in [1.29, 1.82) is 0 Å². The smallest absolute Gasteiger partial charge is 0.254 e. The summed E-state index contributed by atoms with van der Waals surface area (Å²) in [7, 11) is 1.45. The Balaban J connectivity index is 2.89. The molecule has 5 heteroatoms. The van der Waals surface area contributed by atoms with E-state index in [1.807, 2.05) is 20.8 Å². The highest BCUT2D eigenvalue weighted by Gasteiger charge is 2.26. The van der Waals surface area contributed by atoms with Gasteiger partial charge in [0.25, 0.3) is 5.91 Å². The maximum atomic E-state index is 13.9. The molecule has 1 N–H and O–H groups in total. The SMILES string of the molecule is COc1ccc(C(=O)NC(CCCl)C(C)(C)C)c(F)c1. The lowest BCUT2D eigenvalue weighted by molar-refractivity contribution is 0.0896. The number of amides is 1. The van der Waals surface area contributed by atoms with Crippen molar-refractivity contribution in [2.75, 3.05) is 13.0 Å². The molecule has 0 fully saturated rings. The van der Waals surface area contributed by atoms with Crippen molar-refractivity contribution in [3.05, 3.63) is 29.6 Å². The molecule has 1 amide bonds. The number of benzene rings is 1. The number of nitrogens with one attached hydrogen (secondary N) is 1. The molecule has 1 rings (SSSR count). The molecule has 1 atom stereocenters. The van der Waals surface area contributed by atoms with Crippen molar-refractivity contribution in [1.82, 2.24) is 5.32 Å². The predicted molar refractivity (Wildman–Crippen MR) is 79.0 cm³/mol. The van der Waals surface area contributed by atoms with E-state index in [0.29, 0.717) is 18.1 Å². The second-order valence-corrected chi connectivity index (χ2v) is 6.09. The van der Waals surface area contributed by atoms with Crippen LogP contribution in [-0.4, -0.2) is 24.9 Å². The molecule has 20 heavy (non-hydrogen) atoms. The number of rotatable bonds is 5. The molecule has 1 unspecified atom stereocenters. The minimum Gasteiger partial charge on any atom is -0.497 e. The third-order valence-corrected chi connectivity index (χ3v) is 3.39. The molecule has 0 radical (unpaired) electrons. The van der Waals surface area contributed by atoms with Crippen LogP contribution < -0.4 is 10.1 Å². The normalized spacial score (nSPS) is 12.9. The fraction of sp³-hybridized carbons (Fsp3) is 0.533. The molecule has 0 saturated heterocycles. The highest BCUT2D eigenvalue weighted by atomic mass is 35.5. The van der Waals surface area contributed by atoms with Crippen LogP contribution in [0.3, 0.4) is 0 Å². The number of ether oxygens (including phenoxy) is 1. The van der Waals surface area contributed by atoms with Gasteiger partial charge in [-0.05, 0) is 24.0 Å². The Hall–Kier alpha value is -1.29. The number of methoxy groups -OCH3 is 1. The van der Waals surface area contributed by atoms with Gasteiger partial charge in [0.05, 0.1) is 12.7 Å². The van der Waals surface area contributed by atoms with Gasteiger partial charge in [0, 0.05) is 18.0 Å². The van der Waals surface area contributed by atoms with Crippen LogP contribution in [0.2, 0.25) is 0 Å². The average Bonchev–Trinajstić information content (AvgIpc) is 2.36. The van der Waals surface area contributed by atoms with Crippen molar-refractivity contribution in [3.8, 4) is 5.75 Å². The van der Waals surface area contributed by atoms with Crippen LogP contribution >= 0.6 is 11.6 Å². The summed E-state index contributed by atoms with van der Waals surface area (Å²) < 4.78 is 18.8. The molecule has 1 aromatic carbocycles. The van der Waals surface area contributed by atoms with Crippen molar-refractivity contribution < 1.29 is 13.9 Å². The fourth-order valence-electron chi connectivity index (χ4n) is 1.87. The minimum atomic E-state index is -0.597. The number of halogens is 2. The zero-order valence-corrected chi connectivity index (χ0v) is 13.1. The first-order chi connectivity index (χ1) is 9.29. The maximum Gasteiger partial charge on any atom is 0.254 e. The van der Waals surface area contributed by atoms with Crippen molar-refractivity contribution in [2.24, 2.45) is 5.41 Å². The number of hydrogen-bond donors (Lipinski definition) is 1. The van der Waals surface area contributed by atoms with Crippen molar-refractivity contribution in [2.45, 2.75) is 33.2 Å². The van der Waals surface area contributed by atoms with Crippen LogP contribution in [0.15, 0.2) is 18.2 Å². The topological polar surface area (TPSA) is 38.3 Å². The monoisotopic (exact) mass is 301 g/mol. The Kier molecular flexibility index (Phi) is 5.81. The van der Waals surface area contributed by atoms with E-state index < -0.39 is 11.7 Å². The Labute approximate surface area is 124 Å². The first kappa shape index (κ1) is 16.8. The Morgan fingerprint density at radius 3 is 2.55 bits per heavy atom. The second kappa shape index (κ2) is 6.93. The van der Waals surface area contributed by atoms with Gasteiger partial charge in [0.2, 0.25) is 0 Å².